The maximum Gasteiger partial charge on any atom is 0.323 e. The summed E-state index contributed by atoms with van der Waals surface area (Å²) in [5, 5.41) is 4.91. The van der Waals surface area contributed by atoms with Gasteiger partial charge in [0.15, 0.2) is 0 Å². The zero-order valence-electron chi connectivity index (χ0n) is 14.1. The Morgan fingerprint density at radius 1 is 1.25 bits per heavy atom. The minimum atomic E-state index is -0.119. The van der Waals surface area contributed by atoms with E-state index in [1.807, 2.05) is 18.2 Å². The van der Waals surface area contributed by atoms with Crippen LogP contribution in [0.3, 0.4) is 0 Å². The first-order valence-corrected chi connectivity index (χ1v) is 8.75. The van der Waals surface area contributed by atoms with Gasteiger partial charge in [0.25, 0.3) is 0 Å². The molecule has 1 aliphatic carbocycles. The maximum absolute atomic E-state index is 12.0. The van der Waals surface area contributed by atoms with Crippen LogP contribution in [0.5, 0.6) is 0 Å². The molecule has 0 bridgehead atoms. The van der Waals surface area contributed by atoms with Crippen molar-refractivity contribution >= 4 is 5.97 Å². The van der Waals surface area contributed by atoms with Crippen molar-refractivity contribution in [2.24, 2.45) is 0 Å². The topological polar surface area (TPSA) is 47.4 Å². The van der Waals surface area contributed by atoms with Gasteiger partial charge >= 0.3 is 5.97 Å². The van der Waals surface area contributed by atoms with E-state index in [9.17, 15) is 4.79 Å². The van der Waals surface area contributed by atoms with Gasteiger partial charge in [-0.3, -0.25) is 9.69 Å². The first-order chi connectivity index (χ1) is 11.8. The molecule has 4 rings (SSSR count). The summed E-state index contributed by atoms with van der Waals surface area (Å²) in [6, 6.07) is 10.2. The molecule has 0 saturated carbocycles. The molecule has 2 aliphatic rings. The summed E-state index contributed by atoms with van der Waals surface area (Å²) in [6.07, 6.45) is 5.29. The number of aromatic nitrogens is 2. The monoisotopic (exact) mass is 325 g/mol. The molecule has 0 radical (unpaired) electrons. The van der Waals surface area contributed by atoms with E-state index in [0.717, 1.165) is 50.2 Å². The predicted molar refractivity (Wildman–Crippen MR) is 91.0 cm³/mol. The Kier molecular flexibility index (Phi) is 4.10. The second-order valence-electron chi connectivity index (χ2n) is 6.62. The van der Waals surface area contributed by atoms with Gasteiger partial charge in [-0.25, -0.2) is 4.68 Å². The first-order valence-electron chi connectivity index (χ1n) is 8.75. The molecule has 1 aliphatic heterocycles. The number of methoxy groups -OCH3 is 1. The first kappa shape index (κ1) is 15.4. The molecule has 1 unspecified atom stereocenters. The molecular weight excluding hydrogens is 302 g/mol. The fourth-order valence-corrected chi connectivity index (χ4v) is 4.03. The second-order valence-corrected chi connectivity index (χ2v) is 6.62. The van der Waals surface area contributed by atoms with Gasteiger partial charge in [-0.05, 0) is 56.3 Å². The second kappa shape index (κ2) is 6.40. The zero-order valence-corrected chi connectivity index (χ0v) is 14.1. The molecule has 1 aromatic heterocycles. The van der Waals surface area contributed by atoms with Gasteiger partial charge in [-0.15, -0.1) is 0 Å². The van der Waals surface area contributed by atoms with E-state index in [0.29, 0.717) is 0 Å². The van der Waals surface area contributed by atoms with Crippen molar-refractivity contribution in [2.75, 3.05) is 13.7 Å². The average molecular weight is 325 g/mol. The van der Waals surface area contributed by atoms with Crippen molar-refractivity contribution in [3.8, 4) is 5.69 Å². The van der Waals surface area contributed by atoms with E-state index < -0.39 is 0 Å². The lowest BCUT2D eigenvalue weighted by atomic mass is 10.1. The molecule has 1 saturated heterocycles. The van der Waals surface area contributed by atoms with Crippen LogP contribution in [0, 0.1) is 0 Å². The van der Waals surface area contributed by atoms with E-state index >= 15 is 0 Å². The number of esters is 1. The minimum absolute atomic E-state index is 0.117. The SMILES string of the molecule is COC(=O)C1CCCN1Cc1nn(-c2ccccc2)c2c1CCC2. The largest absolute Gasteiger partial charge is 0.468 e. The summed E-state index contributed by atoms with van der Waals surface area (Å²) < 4.78 is 7.06. The highest BCUT2D eigenvalue weighted by Gasteiger charge is 2.33. The van der Waals surface area contributed by atoms with Crippen LogP contribution in [0.15, 0.2) is 30.3 Å². The molecule has 5 heteroatoms. The number of hydrogen-bond donors (Lipinski definition) is 0. The van der Waals surface area contributed by atoms with Crippen LogP contribution in [-0.2, 0) is 28.9 Å². The van der Waals surface area contributed by atoms with E-state index in [1.54, 1.807) is 0 Å². The van der Waals surface area contributed by atoms with E-state index in [1.165, 1.54) is 24.8 Å². The van der Waals surface area contributed by atoms with E-state index in [-0.39, 0.29) is 12.0 Å². The summed E-state index contributed by atoms with van der Waals surface area (Å²) in [6.45, 7) is 1.68. The van der Waals surface area contributed by atoms with E-state index in [2.05, 4.69) is 21.7 Å². The van der Waals surface area contributed by atoms with Gasteiger partial charge in [0.2, 0.25) is 0 Å². The fourth-order valence-electron chi connectivity index (χ4n) is 4.03. The summed E-state index contributed by atoms with van der Waals surface area (Å²) in [5.74, 6) is -0.119. The normalized spacial score (nSPS) is 20.3. The smallest absolute Gasteiger partial charge is 0.323 e. The standard InChI is InChI=1S/C19H23N3O2/c1-24-19(23)18-11-6-12-21(18)13-16-15-9-5-10-17(15)22(20-16)14-7-3-2-4-8-14/h2-4,7-8,18H,5-6,9-13H2,1H3. The van der Waals surface area contributed by atoms with Crippen molar-refractivity contribution in [3.05, 3.63) is 47.3 Å². The molecule has 126 valence electrons. The van der Waals surface area contributed by atoms with Gasteiger partial charge < -0.3 is 4.74 Å². The molecule has 0 amide bonds. The molecule has 1 fully saturated rings. The molecule has 5 nitrogen and oxygen atoms in total. The summed E-state index contributed by atoms with van der Waals surface area (Å²) >= 11 is 0. The number of likely N-dealkylation sites (tertiary alicyclic amines) is 1. The predicted octanol–water partition coefficient (Wildman–Crippen LogP) is 2.50. The van der Waals surface area contributed by atoms with Gasteiger partial charge in [-0.1, -0.05) is 18.2 Å². The van der Waals surface area contributed by atoms with Crippen LogP contribution >= 0.6 is 0 Å². The zero-order chi connectivity index (χ0) is 16.5. The number of rotatable bonds is 4. The quantitative estimate of drug-likeness (QED) is 0.811. The van der Waals surface area contributed by atoms with Gasteiger partial charge in [0.05, 0.1) is 18.5 Å². The van der Waals surface area contributed by atoms with Crippen molar-refractivity contribution in [3.63, 3.8) is 0 Å². The summed E-state index contributed by atoms with van der Waals surface area (Å²) in [7, 11) is 1.47. The van der Waals surface area contributed by atoms with Crippen LogP contribution in [0.2, 0.25) is 0 Å². The third kappa shape index (κ3) is 2.63. The van der Waals surface area contributed by atoms with Crippen LogP contribution in [0.1, 0.15) is 36.2 Å². The molecule has 2 aromatic rings. The Hall–Kier alpha value is -2.14. The van der Waals surface area contributed by atoms with Crippen molar-refractivity contribution in [1.82, 2.24) is 14.7 Å². The van der Waals surface area contributed by atoms with Crippen molar-refractivity contribution < 1.29 is 9.53 Å². The average Bonchev–Trinajstić information content (AvgIpc) is 3.33. The highest BCUT2D eigenvalue weighted by atomic mass is 16.5. The van der Waals surface area contributed by atoms with Crippen molar-refractivity contribution in [2.45, 2.75) is 44.7 Å². The fraction of sp³-hybridized carbons (Fsp3) is 0.474. The Morgan fingerprint density at radius 3 is 2.88 bits per heavy atom. The van der Waals surface area contributed by atoms with Crippen LogP contribution in [-0.4, -0.2) is 40.3 Å². The Labute approximate surface area is 142 Å². The molecule has 1 aromatic carbocycles. The van der Waals surface area contributed by atoms with Crippen LogP contribution in [0.25, 0.3) is 5.69 Å². The number of benzene rings is 1. The number of fused-ring (bicyclic) bond motifs is 1. The molecule has 2 heterocycles. The highest BCUT2D eigenvalue weighted by Crippen LogP contribution is 2.30. The Balaban J connectivity index is 1.64. The van der Waals surface area contributed by atoms with Crippen LogP contribution < -0.4 is 0 Å². The van der Waals surface area contributed by atoms with Gasteiger partial charge in [0, 0.05) is 12.2 Å². The number of ether oxygens (including phenoxy) is 1. The number of nitrogens with zero attached hydrogens (tertiary/aromatic N) is 3. The third-order valence-electron chi connectivity index (χ3n) is 5.20. The van der Waals surface area contributed by atoms with Crippen LogP contribution in [0.4, 0.5) is 0 Å². The van der Waals surface area contributed by atoms with Gasteiger partial charge in [-0.2, -0.15) is 5.10 Å². The molecular formula is C19H23N3O2. The lowest BCUT2D eigenvalue weighted by molar-refractivity contribution is -0.146. The Morgan fingerprint density at radius 2 is 2.08 bits per heavy atom. The van der Waals surface area contributed by atoms with Gasteiger partial charge in [0.1, 0.15) is 6.04 Å². The minimum Gasteiger partial charge on any atom is -0.468 e. The number of para-hydroxylation sites is 1. The number of carbonyl (C=O) groups is 1. The van der Waals surface area contributed by atoms with E-state index in [4.69, 9.17) is 9.84 Å². The lowest BCUT2D eigenvalue weighted by Crippen LogP contribution is -2.36. The summed E-state index contributed by atoms with van der Waals surface area (Å²) in [5.41, 5.74) is 4.97. The Bertz CT molecular complexity index is 739. The third-order valence-corrected chi connectivity index (χ3v) is 5.20. The number of hydrogen-bond acceptors (Lipinski definition) is 4. The maximum atomic E-state index is 12.0. The molecule has 0 spiro atoms. The number of carbonyl (C=O) groups excluding carboxylic acids is 1. The molecule has 0 N–H and O–H groups in total. The molecule has 24 heavy (non-hydrogen) atoms. The molecule has 1 atom stereocenters. The lowest BCUT2D eigenvalue weighted by Gasteiger charge is -2.21. The summed E-state index contributed by atoms with van der Waals surface area (Å²) in [4.78, 5) is 14.2. The van der Waals surface area contributed by atoms with Crippen molar-refractivity contribution in [1.29, 1.82) is 0 Å². The highest BCUT2D eigenvalue weighted by molar-refractivity contribution is 5.76.